The van der Waals surface area contributed by atoms with E-state index >= 15 is 0 Å². The molecule has 20 heavy (non-hydrogen) atoms. The van der Waals surface area contributed by atoms with E-state index in [-0.39, 0.29) is 5.57 Å². The summed E-state index contributed by atoms with van der Waals surface area (Å²) in [5.74, 6) is -2.17. The van der Waals surface area contributed by atoms with Crippen LogP contribution >= 0.6 is 0 Å². The van der Waals surface area contributed by atoms with Crippen LogP contribution in [0.1, 0.15) is 0 Å². The lowest BCUT2D eigenvalue weighted by atomic mass is 9.89. The molecule has 1 aliphatic carbocycles. The predicted molar refractivity (Wildman–Crippen MR) is 64.1 cm³/mol. The molecular formula is C12H16O8. The van der Waals surface area contributed by atoms with Crippen LogP contribution in [0.2, 0.25) is 0 Å². The Bertz CT molecular complexity index is 441. The summed E-state index contributed by atoms with van der Waals surface area (Å²) in [6.07, 6.45) is -5.05. The molecule has 1 rings (SSSR count). The summed E-state index contributed by atoms with van der Waals surface area (Å²) in [5.41, 5.74) is -0.284. The predicted octanol–water partition coefficient (Wildman–Crippen LogP) is -1.75. The maximum absolute atomic E-state index is 11.4. The molecule has 0 radical (unpaired) electrons. The first-order valence-electron chi connectivity index (χ1n) is 5.61. The fraction of sp³-hybridized carbons (Fsp3) is 0.500. The highest BCUT2D eigenvalue weighted by atomic mass is 16.6. The molecular weight excluding hydrogens is 272 g/mol. The van der Waals surface area contributed by atoms with Crippen LogP contribution in [0.4, 0.5) is 0 Å². The van der Waals surface area contributed by atoms with Gasteiger partial charge < -0.3 is 29.5 Å². The summed E-state index contributed by atoms with van der Waals surface area (Å²) < 4.78 is 13.8. The molecule has 3 N–H and O–H groups in total. The van der Waals surface area contributed by atoms with Crippen molar-refractivity contribution in [2.75, 3.05) is 14.2 Å². The van der Waals surface area contributed by atoms with Gasteiger partial charge in [-0.2, -0.15) is 0 Å². The largest absolute Gasteiger partial charge is 0.477 e. The van der Waals surface area contributed by atoms with Gasteiger partial charge in [0.2, 0.25) is 0 Å². The van der Waals surface area contributed by atoms with Gasteiger partial charge in [0.15, 0.2) is 5.76 Å². The Hall–Kier alpha value is -1.90. The van der Waals surface area contributed by atoms with Crippen LogP contribution in [-0.4, -0.2) is 65.9 Å². The van der Waals surface area contributed by atoms with Crippen molar-refractivity contribution in [1.29, 1.82) is 0 Å². The Kier molecular flexibility index (Phi) is 5.26. The van der Waals surface area contributed by atoms with E-state index in [1.165, 1.54) is 0 Å². The molecule has 1 aliphatic rings. The van der Waals surface area contributed by atoms with E-state index in [1.54, 1.807) is 0 Å². The van der Waals surface area contributed by atoms with Crippen LogP contribution < -0.4 is 0 Å². The first kappa shape index (κ1) is 16.2. The fourth-order valence-electron chi connectivity index (χ4n) is 1.68. The minimum atomic E-state index is -1.68. The second kappa shape index (κ2) is 6.51. The van der Waals surface area contributed by atoms with Crippen LogP contribution in [0.15, 0.2) is 24.0 Å². The number of aliphatic hydroxyl groups excluding tert-OH is 3. The standard InChI is InChI=1S/C12H16O8/c1-5(11(16)18-2)20-7-4-6(12(17)19-3)8(13)10(15)9(7)14/h4,7-10,13-15H,1H2,2-3H3/t7-,8+,9+,10+/m1/s1. The third kappa shape index (κ3) is 3.16. The molecule has 0 bridgehead atoms. The van der Waals surface area contributed by atoms with Gasteiger partial charge in [-0.1, -0.05) is 0 Å². The lowest BCUT2D eigenvalue weighted by Gasteiger charge is -2.33. The van der Waals surface area contributed by atoms with Crippen LogP contribution in [0.25, 0.3) is 0 Å². The molecule has 0 aliphatic heterocycles. The SMILES string of the molecule is C=C(O[C@@H]1C=C(C(=O)OC)[C@H](O)[C@H](O)[C@H]1O)C(=O)OC. The van der Waals surface area contributed by atoms with Gasteiger partial charge in [0.05, 0.1) is 19.8 Å². The molecule has 0 aromatic carbocycles. The molecule has 0 spiro atoms. The van der Waals surface area contributed by atoms with Gasteiger partial charge in [-0.05, 0) is 12.7 Å². The topological polar surface area (TPSA) is 123 Å². The number of ether oxygens (including phenoxy) is 3. The van der Waals surface area contributed by atoms with E-state index < -0.39 is 42.1 Å². The number of aliphatic hydroxyl groups is 3. The van der Waals surface area contributed by atoms with Gasteiger partial charge >= 0.3 is 11.9 Å². The average Bonchev–Trinajstić information content (AvgIpc) is 2.45. The highest BCUT2D eigenvalue weighted by molar-refractivity contribution is 5.90. The molecule has 0 aromatic rings. The molecule has 8 nitrogen and oxygen atoms in total. The van der Waals surface area contributed by atoms with Crippen molar-refractivity contribution in [3.05, 3.63) is 24.0 Å². The smallest absolute Gasteiger partial charge is 0.372 e. The maximum Gasteiger partial charge on any atom is 0.372 e. The van der Waals surface area contributed by atoms with Crippen LogP contribution in [0, 0.1) is 0 Å². The molecule has 0 saturated carbocycles. The molecule has 0 aromatic heterocycles. The molecule has 0 amide bonds. The molecule has 0 unspecified atom stereocenters. The molecule has 0 saturated heterocycles. The van der Waals surface area contributed by atoms with Crippen LogP contribution in [-0.2, 0) is 23.8 Å². The van der Waals surface area contributed by atoms with E-state index in [0.717, 1.165) is 20.3 Å². The summed E-state index contributed by atoms with van der Waals surface area (Å²) in [7, 11) is 2.21. The van der Waals surface area contributed by atoms with E-state index in [0.29, 0.717) is 0 Å². The lowest BCUT2D eigenvalue weighted by Crippen LogP contribution is -2.50. The van der Waals surface area contributed by atoms with Gasteiger partial charge in [0, 0.05) is 0 Å². The fourth-order valence-corrected chi connectivity index (χ4v) is 1.68. The Labute approximate surface area is 114 Å². The summed E-state index contributed by atoms with van der Waals surface area (Å²) >= 11 is 0. The third-order valence-electron chi connectivity index (χ3n) is 2.78. The van der Waals surface area contributed by atoms with Crippen LogP contribution in [0.3, 0.4) is 0 Å². The van der Waals surface area contributed by atoms with Crippen molar-refractivity contribution in [3.63, 3.8) is 0 Å². The van der Waals surface area contributed by atoms with Crippen molar-refractivity contribution in [3.8, 4) is 0 Å². The summed E-state index contributed by atoms with van der Waals surface area (Å²) in [6, 6.07) is 0. The van der Waals surface area contributed by atoms with Gasteiger partial charge in [-0.3, -0.25) is 0 Å². The number of methoxy groups -OCH3 is 2. The lowest BCUT2D eigenvalue weighted by molar-refractivity contribution is -0.147. The van der Waals surface area contributed by atoms with E-state index in [4.69, 9.17) is 4.74 Å². The number of hydrogen-bond donors (Lipinski definition) is 3. The first-order valence-corrected chi connectivity index (χ1v) is 5.61. The van der Waals surface area contributed by atoms with Crippen molar-refractivity contribution in [1.82, 2.24) is 0 Å². The molecule has 4 atom stereocenters. The summed E-state index contributed by atoms with van der Waals surface area (Å²) in [6.45, 7) is 3.29. The number of rotatable bonds is 4. The zero-order valence-electron chi connectivity index (χ0n) is 11.0. The Morgan fingerprint density at radius 1 is 1.15 bits per heavy atom. The van der Waals surface area contributed by atoms with Crippen molar-refractivity contribution < 1.29 is 39.1 Å². The van der Waals surface area contributed by atoms with Gasteiger partial charge in [-0.15, -0.1) is 0 Å². The van der Waals surface area contributed by atoms with E-state index in [1.807, 2.05) is 0 Å². The third-order valence-corrected chi connectivity index (χ3v) is 2.78. The van der Waals surface area contributed by atoms with Crippen molar-refractivity contribution in [2.24, 2.45) is 0 Å². The summed E-state index contributed by atoms with van der Waals surface area (Å²) in [4.78, 5) is 22.6. The first-order chi connectivity index (χ1) is 9.33. The van der Waals surface area contributed by atoms with E-state index in [2.05, 4.69) is 16.1 Å². The Morgan fingerprint density at radius 3 is 2.25 bits per heavy atom. The molecule has 0 fully saturated rings. The number of esters is 2. The van der Waals surface area contributed by atoms with Crippen LogP contribution in [0.5, 0.6) is 0 Å². The molecule has 0 heterocycles. The Morgan fingerprint density at radius 2 is 1.75 bits per heavy atom. The number of carbonyl (C=O) groups is 2. The normalized spacial score (nSPS) is 29.1. The second-order valence-electron chi connectivity index (χ2n) is 4.04. The monoisotopic (exact) mass is 288 g/mol. The zero-order chi connectivity index (χ0) is 15.4. The van der Waals surface area contributed by atoms with Gasteiger partial charge in [-0.25, -0.2) is 9.59 Å². The minimum Gasteiger partial charge on any atom is -0.477 e. The van der Waals surface area contributed by atoms with Gasteiger partial charge in [0.1, 0.15) is 24.4 Å². The maximum atomic E-state index is 11.4. The second-order valence-corrected chi connectivity index (χ2v) is 4.04. The average molecular weight is 288 g/mol. The van der Waals surface area contributed by atoms with Crippen molar-refractivity contribution >= 4 is 11.9 Å². The van der Waals surface area contributed by atoms with E-state index in [9.17, 15) is 24.9 Å². The minimum absolute atomic E-state index is 0.284. The Balaban J connectivity index is 2.99. The summed E-state index contributed by atoms with van der Waals surface area (Å²) in [5, 5.41) is 29.1. The zero-order valence-corrected chi connectivity index (χ0v) is 11.0. The highest BCUT2D eigenvalue weighted by Crippen LogP contribution is 2.24. The molecule has 112 valence electrons. The quantitative estimate of drug-likeness (QED) is 0.316. The van der Waals surface area contributed by atoms with Crippen molar-refractivity contribution in [2.45, 2.75) is 24.4 Å². The number of hydrogen-bond acceptors (Lipinski definition) is 8. The van der Waals surface area contributed by atoms with Gasteiger partial charge in [0.25, 0.3) is 0 Å². The highest BCUT2D eigenvalue weighted by Gasteiger charge is 2.41. The molecule has 8 heteroatoms. The number of carbonyl (C=O) groups excluding carboxylic acids is 2.